The number of carbonyl (C=O) groups excluding carboxylic acids is 1. The molecule has 0 fully saturated rings. The first-order chi connectivity index (χ1) is 14.6. The first kappa shape index (κ1) is 21.5. The number of rotatable bonds is 9. The lowest BCUT2D eigenvalue weighted by Gasteiger charge is -2.27. The highest BCUT2D eigenvalue weighted by Crippen LogP contribution is 2.55. The van der Waals surface area contributed by atoms with Crippen LogP contribution in [0.1, 0.15) is 6.42 Å². The molecule has 0 saturated carbocycles. The fourth-order valence-corrected chi connectivity index (χ4v) is 7.78. The van der Waals surface area contributed by atoms with Crippen LogP contribution < -0.4 is 27.4 Å². The lowest BCUT2D eigenvalue weighted by Crippen LogP contribution is -2.34. The molecule has 0 aliphatic heterocycles. The summed E-state index contributed by atoms with van der Waals surface area (Å²) in [4.78, 5) is 16.4. The van der Waals surface area contributed by atoms with Crippen molar-refractivity contribution in [3.05, 3.63) is 91.0 Å². The third-order valence-electron chi connectivity index (χ3n) is 4.89. The Bertz CT molecular complexity index is 863. The zero-order chi connectivity index (χ0) is 21.2. The summed E-state index contributed by atoms with van der Waals surface area (Å²) in [6.45, 7) is 0.439. The van der Waals surface area contributed by atoms with Crippen molar-refractivity contribution in [1.82, 2.24) is 0 Å². The molecule has 0 amide bonds. The Kier molecular flexibility index (Phi) is 7.58. The minimum atomic E-state index is -2.03. The van der Waals surface area contributed by atoms with Gasteiger partial charge in [-0.2, -0.15) is 0 Å². The van der Waals surface area contributed by atoms with Crippen LogP contribution in [0.25, 0.3) is 0 Å². The van der Waals surface area contributed by atoms with Crippen molar-refractivity contribution in [3.8, 4) is 0 Å². The molecule has 0 saturated heterocycles. The molecule has 3 aromatic carbocycles. The Labute approximate surface area is 178 Å². The van der Waals surface area contributed by atoms with Gasteiger partial charge in [0.25, 0.3) is 0 Å². The van der Waals surface area contributed by atoms with E-state index in [0.29, 0.717) is 12.6 Å². The van der Waals surface area contributed by atoms with Crippen LogP contribution in [0.15, 0.2) is 96.0 Å². The van der Waals surface area contributed by atoms with Crippen LogP contribution in [0.2, 0.25) is 0 Å². The number of esters is 1. The molecule has 0 spiro atoms. The summed E-state index contributed by atoms with van der Waals surface area (Å²) in [7, 11) is -2.03. The second kappa shape index (κ2) is 10.6. The van der Waals surface area contributed by atoms with Gasteiger partial charge in [-0.25, -0.2) is 0 Å². The number of ether oxygens (including phenoxy) is 1. The van der Waals surface area contributed by atoms with Crippen LogP contribution in [0.4, 0.5) is 0 Å². The van der Waals surface area contributed by atoms with E-state index in [1.807, 2.05) is 18.2 Å². The Morgan fingerprint density at radius 1 is 0.767 bits per heavy atom. The lowest BCUT2D eigenvalue weighted by atomic mass is 10.3. The average Bonchev–Trinajstić information content (AvgIpc) is 2.79. The largest absolute Gasteiger partial charge is 0.464 e. The van der Waals surface area contributed by atoms with Crippen molar-refractivity contribution in [2.24, 2.45) is 16.5 Å². The predicted molar refractivity (Wildman–Crippen MR) is 126 cm³/mol. The summed E-state index contributed by atoms with van der Waals surface area (Å²) < 4.78 is 5.36. The van der Waals surface area contributed by atoms with Gasteiger partial charge >= 0.3 is 5.97 Å². The van der Waals surface area contributed by atoms with E-state index in [4.69, 9.17) is 16.2 Å². The summed E-state index contributed by atoms with van der Waals surface area (Å²) in [5.41, 5.74) is 10.6. The van der Waals surface area contributed by atoms with E-state index in [0.717, 1.165) is 0 Å². The molecule has 3 aromatic rings. The molecule has 0 aliphatic rings. The van der Waals surface area contributed by atoms with Crippen LogP contribution in [-0.4, -0.2) is 31.2 Å². The molecule has 4 N–H and O–H groups in total. The second-order valence-electron chi connectivity index (χ2n) is 6.82. The van der Waals surface area contributed by atoms with Crippen molar-refractivity contribution >= 4 is 35.1 Å². The number of nitrogens with two attached hydrogens (primary N) is 2. The van der Waals surface area contributed by atoms with E-state index in [1.54, 1.807) is 0 Å². The summed E-state index contributed by atoms with van der Waals surface area (Å²) >= 11 is 0. The maximum Gasteiger partial charge on any atom is 0.309 e. The summed E-state index contributed by atoms with van der Waals surface area (Å²) in [6.07, 6.45) is 1.00. The zero-order valence-electron chi connectivity index (χ0n) is 16.9. The van der Waals surface area contributed by atoms with Gasteiger partial charge in [-0.3, -0.25) is 9.79 Å². The minimum Gasteiger partial charge on any atom is -0.464 e. The Morgan fingerprint density at radius 2 is 1.20 bits per heavy atom. The van der Waals surface area contributed by atoms with Gasteiger partial charge < -0.3 is 16.2 Å². The third-order valence-corrected chi connectivity index (χ3v) is 9.32. The second-order valence-corrected chi connectivity index (χ2v) is 10.4. The SMILES string of the molecule is NC(N)=NCCOC(=O)CC[P+](c1ccccc1)(c1ccccc1)c1ccccc1. The van der Waals surface area contributed by atoms with Gasteiger partial charge in [-0.15, -0.1) is 0 Å². The number of benzene rings is 3. The molecular weight excluding hydrogens is 393 g/mol. The third kappa shape index (κ3) is 5.25. The molecule has 5 nitrogen and oxygen atoms in total. The van der Waals surface area contributed by atoms with Crippen molar-refractivity contribution < 1.29 is 9.53 Å². The maximum absolute atomic E-state index is 12.5. The van der Waals surface area contributed by atoms with Crippen molar-refractivity contribution in [1.29, 1.82) is 0 Å². The molecule has 0 aromatic heterocycles. The van der Waals surface area contributed by atoms with Gasteiger partial charge in [0.05, 0.1) is 19.1 Å². The first-order valence-corrected chi connectivity index (χ1v) is 11.9. The molecule has 0 bridgehead atoms. The van der Waals surface area contributed by atoms with Gasteiger partial charge in [-0.05, 0) is 36.4 Å². The topological polar surface area (TPSA) is 90.7 Å². The van der Waals surface area contributed by atoms with E-state index in [1.165, 1.54) is 15.9 Å². The van der Waals surface area contributed by atoms with Gasteiger partial charge in [-0.1, -0.05) is 54.6 Å². The molecule has 0 atom stereocenters. The zero-order valence-corrected chi connectivity index (χ0v) is 17.7. The van der Waals surface area contributed by atoms with Crippen LogP contribution in [-0.2, 0) is 9.53 Å². The molecule has 6 heteroatoms. The molecule has 30 heavy (non-hydrogen) atoms. The molecule has 3 rings (SSSR count). The quantitative estimate of drug-likeness (QED) is 0.183. The van der Waals surface area contributed by atoms with Crippen molar-refractivity contribution in [2.45, 2.75) is 6.42 Å². The van der Waals surface area contributed by atoms with E-state index in [2.05, 4.69) is 77.8 Å². The van der Waals surface area contributed by atoms with Crippen molar-refractivity contribution in [3.63, 3.8) is 0 Å². The summed E-state index contributed by atoms with van der Waals surface area (Å²) in [5.74, 6) is -0.249. The number of guanidine groups is 1. The van der Waals surface area contributed by atoms with Crippen molar-refractivity contribution in [2.75, 3.05) is 19.3 Å². The molecule has 0 radical (unpaired) electrons. The minimum absolute atomic E-state index is 0.00627. The highest BCUT2D eigenvalue weighted by molar-refractivity contribution is 7.95. The monoisotopic (exact) mass is 420 g/mol. The molecule has 0 unspecified atom stereocenters. The number of nitrogens with zero attached hydrogens (tertiary/aromatic N) is 1. The normalized spacial score (nSPS) is 10.9. The number of hydrogen-bond donors (Lipinski definition) is 2. The fraction of sp³-hybridized carbons (Fsp3) is 0.167. The molecule has 0 aliphatic carbocycles. The average molecular weight is 420 g/mol. The van der Waals surface area contributed by atoms with Gasteiger partial charge in [0.1, 0.15) is 29.8 Å². The van der Waals surface area contributed by atoms with Gasteiger partial charge in [0.2, 0.25) is 0 Å². The lowest BCUT2D eigenvalue weighted by molar-refractivity contribution is -0.142. The maximum atomic E-state index is 12.5. The first-order valence-electron chi connectivity index (χ1n) is 9.89. The molecule has 154 valence electrons. The van der Waals surface area contributed by atoms with E-state index in [-0.39, 0.29) is 25.1 Å². The number of aliphatic imine (C=N–C) groups is 1. The van der Waals surface area contributed by atoms with Crippen LogP contribution in [0, 0.1) is 0 Å². The van der Waals surface area contributed by atoms with Crippen LogP contribution in [0.5, 0.6) is 0 Å². The highest BCUT2D eigenvalue weighted by Gasteiger charge is 2.45. The smallest absolute Gasteiger partial charge is 0.309 e. The molecular formula is C24H27N3O2P+. The standard InChI is InChI=1S/C24H27N3O2P/c25-24(26)27-17-18-29-23(28)16-19-30(20-10-4-1-5-11-20,21-12-6-2-7-13-21)22-14-8-3-9-15-22/h1-15H,16-19H2,(H4,25,26,27)/q+1. The summed E-state index contributed by atoms with van der Waals surface area (Å²) in [5, 5.41) is 3.74. The van der Waals surface area contributed by atoms with Crippen LogP contribution in [0.3, 0.4) is 0 Å². The number of hydrogen-bond acceptors (Lipinski definition) is 3. The fourth-order valence-electron chi connectivity index (χ4n) is 3.55. The van der Waals surface area contributed by atoms with Crippen LogP contribution >= 0.6 is 7.26 Å². The Balaban J connectivity index is 1.93. The van der Waals surface area contributed by atoms with E-state index < -0.39 is 7.26 Å². The van der Waals surface area contributed by atoms with E-state index >= 15 is 0 Å². The van der Waals surface area contributed by atoms with E-state index in [9.17, 15) is 4.79 Å². The van der Waals surface area contributed by atoms with Gasteiger partial charge in [0, 0.05) is 0 Å². The molecule has 0 heterocycles. The van der Waals surface area contributed by atoms with Gasteiger partial charge in [0.15, 0.2) is 5.96 Å². The summed E-state index contributed by atoms with van der Waals surface area (Å²) in [6, 6.07) is 31.4. The Hall–Kier alpha value is -3.17. The Morgan fingerprint density at radius 3 is 1.60 bits per heavy atom. The highest BCUT2D eigenvalue weighted by atomic mass is 31.2. The predicted octanol–water partition coefficient (Wildman–Crippen LogP) is 2.19. The number of carbonyl (C=O) groups is 1.